The number of sulfone groups is 1. The molecule has 0 unspecified atom stereocenters. The van der Waals surface area contributed by atoms with Gasteiger partial charge in [-0.2, -0.15) is 22.8 Å². The second-order valence-electron chi connectivity index (χ2n) is 11.0. The van der Waals surface area contributed by atoms with Gasteiger partial charge in [0.25, 0.3) is 0 Å². The summed E-state index contributed by atoms with van der Waals surface area (Å²) < 4.78 is 70.0. The van der Waals surface area contributed by atoms with Crippen molar-refractivity contribution in [3.05, 3.63) is 47.0 Å². The lowest BCUT2D eigenvalue weighted by Gasteiger charge is -2.33. The molecule has 13 heteroatoms. The molecule has 4 N–H and O–H groups in total. The largest absolute Gasteiger partial charge is 0.417 e. The first kappa shape index (κ1) is 29.2. The molecule has 0 bridgehead atoms. The van der Waals surface area contributed by atoms with Gasteiger partial charge in [0, 0.05) is 5.56 Å². The van der Waals surface area contributed by atoms with Gasteiger partial charge < -0.3 is 16.4 Å². The molecule has 0 radical (unpaired) electrons. The summed E-state index contributed by atoms with van der Waals surface area (Å²) in [5.74, 6) is -0.396. The van der Waals surface area contributed by atoms with Crippen molar-refractivity contribution in [1.29, 1.82) is 0 Å². The quantitative estimate of drug-likeness (QED) is 0.395. The number of aromatic nitrogens is 3. The van der Waals surface area contributed by atoms with E-state index in [1.807, 2.05) is 0 Å². The Kier molecular flexibility index (Phi) is 7.94. The topological polar surface area (TPSA) is 120 Å². The third kappa shape index (κ3) is 6.50. The predicted octanol–water partition coefficient (Wildman–Crippen LogP) is 5.45. The molecule has 0 saturated carbocycles. The molecule has 2 heterocycles. The molecule has 0 spiro atoms. The van der Waals surface area contributed by atoms with Crippen LogP contribution >= 0.6 is 11.6 Å². The SMILES string of the molecule is CC(C)(C)CCN1CCC(S(=O)(=O)c2ccc(-c3c(Cl)cc(-n4nc(N)nc4N)cc3C(F)(F)F)cc2)CC1. The molecule has 1 aliphatic rings. The molecule has 0 amide bonds. The van der Waals surface area contributed by atoms with Gasteiger partial charge in [0.2, 0.25) is 11.9 Å². The van der Waals surface area contributed by atoms with Gasteiger partial charge in [-0.05, 0) is 74.1 Å². The van der Waals surface area contributed by atoms with E-state index < -0.39 is 26.8 Å². The predicted molar refractivity (Wildman–Crippen MR) is 146 cm³/mol. The normalized spacial score (nSPS) is 16.1. The van der Waals surface area contributed by atoms with Crippen LogP contribution in [0.2, 0.25) is 5.02 Å². The second kappa shape index (κ2) is 10.6. The highest BCUT2D eigenvalue weighted by Crippen LogP contribution is 2.43. The summed E-state index contributed by atoms with van der Waals surface area (Å²) in [6.45, 7) is 8.83. The van der Waals surface area contributed by atoms with Crippen LogP contribution in [0.5, 0.6) is 0 Å². The number of likely N-dealkylation sites (tertiary alicyclic amines) is 1. The van der Waals surface area contributed by atoms with Crippen LogP contribution in [-0.4, -0.2) is 53.0 Å². The van der Waals surface area contributed by atoms with Crippen LogP contribution in [0.1, 0.15) is 45.6 Å². The Morgan fingerprint density at radius 3 is 2.18 bits per heavy atom. The molecule has 8 nitrogen and oxygen atoms in total. The maximum absolute atomic E-state index is 14.1. The van der Waals surface area contributed by atoms with Gasteiger partial charge in [-0.15, -0.1) is 5.10 Å². The Bertz CT molecular complexity index is 1440. The number of nitrogens with zero attached hydrogens (tertiary/aromatic N) is 4. The number of alkyl halides is 3. The van der Waals surface area contributed by atoms with E-state index >= 15 is 0 Å². The van der Waals surface area contributed by atoms with Gasteiger partial charge in [0.1, 0.15) is 0 Å². The van der Waals surface area contributed by atoms with Gasteiger partial charge in [0.05, 0.1) is 26.4 Å². The lowest BCUT2D eigenvalue weighted by atomic mass is 9.92. The van der Waals surface area contributed by atoms with Crippen LogP contribution in [0.4, 0.5) is 25.1 Å². The Morgan fingerprint density at radius 1 is 1.05 bits per heavy atom. The number of anilines is 2. The summed E-state index contributed by atoms with van der Waals surface area (Å²) in [6, 6.07) is 7.51. The van der Waals surface area contributed by atoms with Gasteiger partial charge >= 0.3 is 6.18 Å². The number of hydrogen-bond acceptors (Lipinski definition) is 7. The fourth-order valence-corrected chi connectivity index (χ4v) is 6.76. The molecule has 2 aromatic carbocycles. The first-order valence-corrected chi connectivity index (χ1v) is 14.4. The molecule has 1 aliphatic heterocycles. The summed E-state index contributed by atoms with van der Waals surface area (Å²) >= 11 is 6.35. The van der Waals surface area contributed by atoms with E-state index in [1.54, 1.807) is 0 Å². The Hall–Kier alpha value is -2.83. The summed E-state index contributed by atoms with van der Waals surface area (Å²) in [5.41, 5.74) is 10.2. The van der Waals surface area contributed by atoms with E-state index in [0.717, 1.165) is 23.7 Å². The molecule has 0 atom stereocenters. The van der Waals surface area contributed by atoms with Gasteiger partial charge in [-0.1, -0.05) is 44.5 Å². The average molecular weight is 585 g/mol. The standard InChI is InChI=1S/C26H32ClF3N6O2S/c1-25(2,3)10-13-35-11-8-19(9-12-35)39(37,38)18-6-4-16(5-7-18)22-20(26(28,29)30)14-17(15-21(22)27)36-24(32)33-23(31)34-36/h4-7,14-15,19H,8-13H2,1-3H3,(H4,31,32,33,34). The number of nitrogen functional groups attached to an aromatic ring is 2. The summed E-state index contributed by atoms with van der Waals surface area (Å²) in [4.78, 5) is 6.07. The maximum atomic E-state index is 14.1. The van der Waals surface area contributed by atoms with Crippen LogP contribution in [0.15, 0.2) is 41.3 Å². The first-order valence-electron chi connectivity index (χ1n) is 12.5. The molecular formula is C26H32ClF3N6O2S. The fourth-order valence-electron chi connectivity index (χ4n) is 4.70. The lowest BCUT2D eigenvalue weighted by molar-refractivity contribution is -0.137. The van der Waals surface area contributed by atoms with Crippen molar-refractivity contribution in [3.8, 4) is 16.8 Å². The zero-order chi connectivity index (χ0) is 28.8. The van der Waals surface area contributed by atoms with Crippen molar-refractivity contribution in [2.24, 2.45) is 5.41 Å². The lowest BCUT2D eigenvalue weighted by Crippen LogP contribution is -2.40. The van der Waals surface area contributed by atoms with Crippen molar-refractivity contribution < 1.29 is 21.6 Å². The number of piperidine rings is 1. The average Bonchev–Trinajstić information content (AvgIpc) is 3.19. The van der Waals surface area contributed by atoms with Crippen molar-refractivity contribution in [2.45, 2.75) is 56.4 Å². The third-order valence-electron chi connectivity index (χ3n) is 6.90. The minimum absolute atomic E-state index is 0.0641. The molecule has 0 aliphatic carbocycles. The zero-order valence-corrected chi connectivity index (χ0v) is 23.5. The number of hydrogen-bond donors (Lipinski definition) is 2. The Morgan fingerprint density at radius 2 is 1.67 bits per heavy atom. The number of halogens is 4. The van der Waals surface area contributed by atoms with Crippen molar-refractivity contribution in [3.63, 3.8) is 0 Å². The molecule has 39 heavy (non-hydrogen) atoms. The van der Waals surface area contributed by atoms with Crippen LogP contribution in [0.3, 0.4) is 0 Å². The van der Waals surface area contributed by atoms with Crippen molar-refractivity contribution in [1.82, 2.24) is 19.7 Å². The number of rotatable bonds is 6. The highest BCUT2D eigenvalue weighted by atomic mass is 35.5. The van der Waals surface area contributed by atoms with Crippen LogP contribution in [-0.2, 0) is 16.0 Å². The zero-order valence-electron chi connectivity index (χ0n) is 22.0. The Labute approximate surface area is 231 Å². The van der Waals surface area contributed by atoms with E-state index in [2.05, 4.69) is 35.8 Å². The highest BCUT2D eigenvalue weighted by Gasteiger charge is 2.36. The van der Waals surface area contributed by atoms with E-state index in [1.165, 1.54) is 30.3 Å². The smallest absolute Gasteiger partial charge is 0.368 e. The third-order valence-corrected chi connectivity index (χ3v) is 9.47. The Balaban J connectivity index is 1.59. The maximum Gasteiger partial charge on any atom is 0.417 e. The van der Waals surface area contributed by atoms with Crippen LogP contribution in [0, 0.1) is 5.41 Å². The van der Waals surface area contributed by atoms with Gasteiger partial charge in [0.15, 0.2) is 9.84 Å². The highest BCUT2D eigenvalue weighted by molar-refractivity contribution is 7.92. The van der Waals surface area contributed by atoms with Gasteiger partial charge in [-0.25, -0.2) is 8.42 Å². The molecular weight excluding hydrogens is 553 g/mol. The minimum Gasteiger partial charge on any atom is -0.368 e. The van der Waals surface area contributed by atoms with Crippen molar-refractivity contribution in [2.75, 3.05) is 31.1 Å². The van der Waals surface area contributed by atoms with E-state index in [9.17, 15) is 21.6 Å². The minimum atomic E-state index is -4.78. The van der Waals surface area contributed by atoms with Crippen LogP contribution < -0.4 is 11.5 Å². The molecule has 3 aromatic rings. The van der Waals surface area contributed by atoms with Crippen LogP contribution in [0.25, 0.3) is 16.8 Å². The molecule has 212 valence electrons. The second-order valence-corrected chi connectivity index (χ2v) is 13.6. The summed E-state index contributed by atoms with van der Waals surface area (Å²) in [5, 5.41) is 3.06. The number of nitrogens with two attached hydrogens (primary N) is 2. The van der Waals surface area contributed by atoms with E-state index in [0.29, 0.717) is 25.9 Å². The molecule has 1 fully saturated rings. The summed E-state index contributed by atoms with van der Waals surface area (Å²) in [7, 11) is -3.65. The molecule has 1 saturated heterocycles. The van der Waals surface area contributed by atoms with Gasteiger partial charge in [-0.3, -0.25) is 0 Å². The van der Waals surface area contributed by atoms with Crippen molar-refractivity contribution >= 4 is 33.3 Å². The monoisotopic (exact) mass is 584 g/mol. The van der Waals surface area contributed by atoms with E-state index in [4.69, 9.17) is 23.1 Å². The fraction of sp³-hybridized carbons (Fsp3) is 0.462. The summed E-state index contributed by atoms with van der Waals surface area (Å²) in [6.07, 6.45) is -2.73. The van der Waals surface area contributed by atoms with E-state index in [-0.39, 0.29) is 44.0 Å². The molecule has 4 rings (SSSR count). The number of benzene rings is 2. The molecule has 1 aromatic heterocycles. The first-order chi connectivity index (χ1) is 18.1.